The Morgan fingerprint density at radius 3 is 2.58 bits per heavy atom. The zero-order valence-corrected chi connectivity index (χ0v) is 23.8. The third-order valence-electron chi connectivity index (χ3n) is 9.64. The number of rotatable bonds is 3. The highest BCUT2D eigenvalue weighted by molar-refractivity contribution is 6.35. The molecule has 3 unspecified atom stereocenters. The van der Waals surface area contributed by atoms with Crippen LogP contribution in [0.1, 0.15) is 51.0 Å². The first-order valence-electron chi connectivity index (χ1n) is 13.9. The molecule has 1 spiro atoms. The molecule has 4 bridgehead atoms. The molecule has 2 saturated heterocycles. The summed E-state index contributed by atoms with van der Waals surface area (Å²) in [4.78, 5) is 31.9. The number of carbonyl (C=O) groups is 2. The molecule has 3 atom stereocenters. The highest BCUT2D eigenvalue weighted by Crippen LogP contribution is 2.51. The minimum absolute atomic E-state index is 0.115. The number of nitrogens with zero attached hydrogens (tertiary/aromatic N) is 2. The fourth-order valence-electron chi connectivity index (χ4n) is 7.20. The number of hydrogen-bond donors (Lipinski definition) is 1. The molecule has 214 valence electrons. The Morgan fingerprint density at radius 2 is 1.88 bits per heavy atom. The fourth-order valence-corrected chi connectivity index (χ4v) is 7.79. The number of amides is 2. The van der Waals surface area contributed by atoms with E-state index in [4.69, 9.17) is 23.2 Å². The second kappa shape index (κ2) is 9.92. The van der Waals surface area contributed by atoms with Gasteiger partial charge in [-0.2, -0.15) is 13.2 Å². The van der Waals surface area contributed by atoms with Crippen molar-refractivity contribution in [3.63, 3.8) is 0 Å². The molecule has 0 aromatic heterocycles. The SMILES string of the molecule is CC1=C(C(F)(F)F)C=CC2=CC1CN1CCCC13CCN(C3)C(=O)C(NC(=O)C1(c3ccc(Cl)cc3Cl)CC1)C2. The summed E-state index contributed by atoms with van der Waals surface area (Å²) in [6.45, 7) is 3.94. The molecule has 0 radical (unpaired) electrons. The smallest absolute Gasteiger partial charge is 0.343 e. The predicted molar refractivity (Wildman–Crippen MR) is 148 cm³/mol. The molecule has 2 aliphatic carbocycles. The first kappa shape index (κ1) is 27.9. The highest BCUT2D eigenvalue weighted by atomic mass is 35.5. The summed E-state index contributed by atoms with van der Waals surface area (Å²) in [6, 6.07) is 4.16. The van der Waals surface area contributed by atoms with Crippen molar-refractivity contribution in [2.75, 3.05) is 26.2 Å². The van der Waals surface area contributed by atoms with Crippen LogP contribution in [0.4, 0.5) is 13.2 Å². The minimum Gasteiger partial charge on any atom is -0.343 e. The van der Waals surface area contributed by atoms with Crippen molar-refractivity contribution in [3.05, 3.63) is 68.8 Å². The van der Waals surface area contributed by atoms with Gasteiger partial charge in [0.2, 0.25) is 11.8 Å². The van der Waals surface area contributed by atoms with E-state index < -0.39 is 29.1 Å². The van der Waals surface area contributed by atoms with Gasteiger partial charge in [-0.05, 0) is 74.9 Å². The van der Waals surface area contributed by atoms with E-state index in [0.29, 0.717) is 53.7 Å². The molecule has 2 amide bonds. The van der Waals surface area contributed by atoms with Crippen molar-refractivity contribution in [3.8, 4) is 0 Å². The molecule has 1 saturated carbocycles. The van der Waals surface area contributed by atoms with Crippen LogP contribution >= 0.6 is 23.2 Å². The summed E-state index contributed by atoms with van der Waals surface area (Å²) < 4.78 is 42.2. The van der Waals surface area contributed by atoms with E-state index in [9.17, 15) is 22.8 Å². The molecule has 3 aliphatic heterocycles. The van der Waals surface area contributed by atoms with Gasteiger partial charge in [0, 0.05) is 47.6 Å². The third kappa shape index (κ3) is 4.80. The number of benzene rings is 1. The zero-order valence-electron chi connectivity index (χ0n) is 22.3. The molecule has 1 aromatic carbocycles. The van der Waals surface area contributed by atoms with E-state index in [1.54, 1.807) is 25.1 Å². The Balaban J connectivity index is 1.36. The number of carbonyl (C=O) groups excluding carboxylic acids is 2. The lowest BCUT2D eigenvalue weighted by Gasteiger charge is -2.37. The summed E-state index contributed by atoms with van der Waals surface area (Å²) >= 11 is 12.5. The maximum absolute atomic E-state index is 14.1. The van der Waals surface area contributed by atoms with Crippen LogP contribution in [0.25, 0.3) is 0 Å². The van der Waals surface area contributed by atoms with Crippen LogP contribution < -0.4 is 5.32 Å². The molecule has 5 nitrogen and oxygen atoms in total. The van der Waals surface area contributed by atoms with Gasteiger partial charge in [0.05, 0.1) is 11.0 Å². The summed E-state index contributed by atoms with van der Waals surface area (Å²) in [6.07, 6.45) is 3.91. The second-order valence-electron chi connectivity index (χ2n) is 12.0. The summed E-state index contributed by atoms with van der Waals surface area (Å²) in [5, 5.41) is 3.89. The van der Waals surface area contributed by atoms with Crippen molar-refractivity contribution < 1.29 is 22.8 Å². The van der Waals surface area contributed by atoms with E-state index in [-0.39, 0.29) is 29.3 Å². The number of allylic oxidation sites excluding steroid dienone is 3. The average Bonchev–Trinajstić information content (AvgIpc) is 3.48. The van der Waals surface area contributed by atoms with Crippen molar-refractivity contribution in [2.24, 2.45) is 5.92 Å². The van der Waals surface area contributed by atoms with Crippen molar-refractivity contribution >= 4 is 35.0 Å². The normalized spacial score (nSPS) is 30.0. The van der Waals surface area contributed by atoms with Crippen LogP contribution in [0.5, 0.6) is 0 Å². The molecule has 1 N–H and O–H groups in total. The van der Waals surface area contributed by atoms with Crippen molar-refractivity contribution in [1.29, 1.82) is 0 Å². The Hall–Kier alpha value is -2.29. The van der Waals surface area contributed by atoms with Gasteiger partial charge in [-0.15, -0.1) is 0 Å². The first-order chi connectivity index (χ1) is 18.9. The Bertz CT molecular complexity index is 1350. The molecule has 3 fully saturated rings. The lowest BCUT2D eigenvalue weighted by Crippen LogP contribution is -2.52. The molecule has 10 heteroatoms. The van der Waals surface area contributed by atoms with Crippen LogP contribution in [0.3, 0.4) is 0 Å². The molecular weight excluding hydrogens is 562 g/mol. The van der Waals surface area contributed by atoms with Crippen LogP contribution in [0.2, 0.25) is 10.0 Å². The average molecular weight is 595 g/mol. The lowest BCUT2D eigenvalue weighted by atomic mass is 9.90. The highest BCUT2D eigenvalue weighted by Gasteiger charge is 2.54. The zero-order chi connectivity index (χ0) is 28.4. The summed E-state index contributed by atoms with van der Waals surface area (Å²) in [5.74, 6) is -0.924. The number of halogens is 5. The van der Waals surface area contributed by atoms with Crippen LogP contribution in [0, 0.1) is 5.92 Å². The van der Waals surface area contributed by atoms with Gasteiger partial charge in [-0.3, -0.25) is 14.5 Å². The summed E-state index contributed by atoms with van der Waals surface area (Å²) in [5.41, 5.74) is -0.149. The molecular formula is C30H32Cl2F3N3O2. The van der Waals surface area contributed by atoms with Crippen LogP contribution in [0.15, 0.2) is 53.1 Å². The van der Waals surface area contributed by atoms with Gasteiger partial charge >= 0.3 is 6.18 Å². The molecule has 5 aliphatic rings. The number of fused-ring (bicyclic) bond motifs is 2. The van der Waals surface area contributed by atoms with Gasteiger partial charge in [0.25, 0.3) is 0 Å². The Labute approximate surface area is 242 Å². The largest absolute Gasteiger partial charge is 0.416 e. The monoisotopic (exact) mass is 593 g/mol. The lowest BCUT2D eigenvalue weighted by molar-refractivity contribution is -0.136. The predicted octanol–water partition coefficient (Wildman–Crippen LogP) is 5.97. The van der Waals surface area contributed by atoms with Crippen molar-refractivity contribution in [2.45, 2.75) is 68.6 Å². The molecule has 40 heavy (non-hydrogen) atoms. The van der Waals surface area contributed by atoms with E-state index in [2.05, 4.69) is 10.2 Å². The van der Waals surface area contributed by atoms with E-state index >= 15 is 0 Å². The number of alkyl halides is 3. The third-order valence-corrected chi connectivity index (χ3v) is 10.2. The van der Waals surface area contributed by atoms with E-state index in [1.807, 2.05) is 11.0 Å². The first-order valence-corrected chi connectivity index (χ1v) is 14.6. The topological polar surface area (TPSA) is 52.6 Å². The molecule has 3 heterocycles. The van der Waals surface area contributed by atoms with Crippen LogP contribution in [-0.4, -0.2) is 65.6 Å². The van der Waals surface area contributed by atoms with Gasteiger partial charge in [0.1, 0.15) is 6.04 Å². The van der Waals surface area contributed by atoms with E-state index in [1.165, 1.54) is 6.08 Å². The van der Waals surface area contributed by atoms with Gasteiger partial charge in [-0.1, -0.05) is 47.0 Å². The number of nitrogens with one attached hydrogen (secondary N) is 1. The minimum atomic E-state index is -4.48. The number of hydrogen-bond acceptors (Lipinski definition) is 3. The Kier molecular flexibility index (Phi) is 6.91. The summed E-state index contributed by atoms with van der Waals surface area (Å²) in [7, 11) is 0. The second-order valence-corrected chi connectivity index (χ2v) is 12.8. The van der Waals surface area contributed by atoms with Gasteiger partial charge in [0.15, 0.2) is 0 Å². The molecule has 1 aromatic rings. The van der Waals surface area contributed by atoms with Crippen molar-refractivity contribution in [1.82, 2.24) is 15.1 Å². The molecule has 6 rings (SSSR count). The maximum atomic E-state index is 14.1. The Morgan fingerprint density at radius 1 is 1.10 bits per heavy atom. The van der Waals surface area contributed by atoms with Gasteiger partial charge < -0.3 is 10.2 Å². The quantitative estimate of drug-likeness (QED) is 0.469. The fraction of sp³-hybridized carbons (Fsp3) is 0.533. The maximum Gasteiger partial charge on any atom is 0.416 e. The van der Waals surface area contributed by atoms with Crippen LogP contribution in [-0.2, 0) is 15.0 Å². The van der Waals surface area contributed by atoms with E-state index in [0.717, 1.165) is 31.9 Å². The van der Waals surface area contributed by atoms with Gasteiger partial charge in [-0.25, -0.2) is 0 Å². The standard InChI is InChI=1S/C30H32Cl2F3N3O2/c1-18-20-13-19(3-5-22(18)30(33,34)35)14-25(26(39)37-12-10-28(17-37)7-2-11-38(28)16-20)36-27(40)29(8-9-29)23-6-4-21(31)15-24(23)32/h3-6,13,15,20,25H,2,7-12,14,16-17H2,1H3,(H,36,40).